The Kier molecular flexibility index (Phi) is 4.44. The molecule has 152 valence electrons. The van der Waals surface area contributed by atoms with Gasteiger partial charge in [-0.1, -0.05) is 24.3 Å². The molecule has 0 fully saturated rings. The fraction of sp³-hybridized carbons (Fsp3) is 0.0769. The van der Waals surface area contributed by atoms with E-state index in [0.29, 0.717) is 28.2 Å². The molecule has 0 saturated heterocycles. The highest BCUT2D eigenvalue weighted by atomic mass is 16.5. The average molecular weight is 410 g/mol. The largest absolute Gasteiger partial charge is 0.497 e. The van der Waals surface area contributed by atoms with Crippen LogP contribution in [0.2, 0.25) is 0 Å². The van der Waals surface area contributed by atoms with E-state index < -0.39 is 5.97 Å². The van der Waals surface area contributed by atoms with E-state index in [1.165, 1.54) is 19.2 Å². The molecule has 2 aliphatic rings. The Morgan fingerprint density at radius 2 is 1.61 bits per heavy atom. The average Bonchev–Trinajstić information content (AvgIpc) is 2.80. The monoisotopic (exact) mass is 410 g/mol. The van der Waals surface area contributed by atoms with E-state index in [9.17, 15) is 9.59 Å². The second-order valence-electron chi connectivity index (χ2n) is 7.23. The third-order valence-electron chi connectivity index (χ3n) is 5.46. The Morgan fingerprint density at radius 1 is 0.839 bits per heavy atom. The lowest BCUT2D eigenvalue weighted by molar-refractivity contribution is 0.0602. The maximum absolute atomic E-state index is 12.8. The van der Waals surface area contributed by atoms with Crippen molar-refractivity contribution in [3.8, 4) is 28.2 Å². The Morgan fingerprint density at radius 3 is 2.35 bits per heavy atom. The quantitative estimate of drug-likeness (QED) is 0.290. The van der Waals surface area contributed by atoms with Gasteiger partial charge in [-0.15, -0.1) is 0 Å². The Bertz CT molecular complexity index is 1500. The van der Waals surface area contributed by atoms with E-state index >= 15 is 0 Å². The number of esters is 1. The zero-order valence-corrected chi connectivity index (χ0v) is 17.0. The molecule has 0 saturated carbocycles. The van der Waals surface area contributed by atoms with Crippen LogP contribution in [-0.2, 0) is 4.74 Å². The molecule has 0 N–H and O–H groups in total. The van der Waals surface area contributed by atoms with Crippen molar-refractivity contribution in [2.24, 2.45) is 0 Å². The number of rotatable bonds is 3. The molecule has 0 amide bonds. The van der Waals surface area contributed by atoms with Gasteiger partial charge in [0, 0.05) is 28.6 Å². The van der Waals surface area contributed by atoms with Gasteiger partial charge >= 0.3 is 5.97 Å². The van der Waals surface area contributed by atoms with Crippen LogP contribution in [0.5, 0.6) is 5.75 Å². The van der Waals surface area contributed by atoms with Gasteiger partial charge < -0.3 is 13.9 Å². The molecule has 0 spiro atoms. The third-order valence-corrected chi connectivity index (χ3v) is 5.46. The number of fused-ring (bicyclic) bond motifs is 3. The molecule has 1 aliphatic heterocycles. The summed E-state index contributed by atoms with van der Waals surface area (Å²) >= 11 is 0. The van der Waals surface area contributed by atoms with Crippen LogP contribution in [0.25, 0.3) is 44.2 Å². The van der Waals surface area contributed by atoms with Gasteiger partial charge in [0.1, 0.15) is 17.1 Å². The van der Waals surface area contributed by atoms with Crippen molar-refractivity contribution >= 4 is 27.7 Å². The van der Waals surface area contributed by atoms with Gasteiger partial charge in [-0.2, -0.15) is 0 Å². The summed E-state index contributed by atoms with van der Waals surface area (Å²) in [6.45, 7) is 0. The smallest absolute Gasteiger partial charge is 0.338 e. The van der Waals surface area contributed by atoms with Crippen LogP contribution in [0.15, 0.2) is 82.0 Å². The zero-order valence-electron chi connectivity index (χ0n) is 17.0. The van der Waals surface area contributed by atoms with Gasteiger partial charge in [-0.05, 0) is 52.7 Å². The first-order valence-electron chi connectivity index (χ1n) is 9.75. The second-order valence-corrected chi connectivity index (χ2v) is 7.23. The van der Waals surface area contributed by atoms with Crippen LogP contribution in [0.1, 0.15) is 10.4 Å². The van der Waals surface area contributed by atoms with E-state index in [4.69, 9.17) is 13.9 Å². The number of ether oxygens (including phenoxy) is 2. The summed E-state index contributed by atoms with van der Waals surface area (Å²) in [6.07, 6.45) is 0. The molecule has 0 bridgehead atoms. The van der Waals surface area contributed by atoms with Crippen molar-refractivity contribution < 1.29 is 18.7 Å². The first-order chi connectivity index (χ1) is 15.1. The number of methoxy groups -OCH3 is 2. The van der Waals surface area contributed by atoms with Gasteiger partial charge in [0.25, 0.3) is 0 Å². The summed E-state index contributed by atoms with van der Waals surface area (Å²) in [5, 5.41) is 2.72. The van der Waals surface area contributed by atoms with E-state index in [0.717, 1.165) is 27.3 Å². The van der Waals surface area contributed by atoms with Crippen LogP contribution in [-0.4, -0.2) is 20.2 Å². The predicted molar refractivity (Wildman–Crippen MR) is 120 cm³/mol. The van der Waals surface area contributed by atoms with Crippen LogP contribution in [0.3, 0.4) is 0 Å². The summed E-state index contributed by atoms with van der Waals surface area (Å²) in [5.74, 6) is 0.635. The molecule has 5 nitrogen and oxygen atoms in total. The van der Waals surface area contributed by atoms with Crippen molar-refractivity contribution in [2.75, 3.05) is 14.2 Å². The van der Waals surface area contributed by atoms with Crippen LogP contribution < -0.4 is 10.2 Å². The highest BCUT2D eigenvalue weighted by molar-refractivity contribution is 6.10. The molecule has 1 aliphatic carbocycles. The van der Waals surface area contributed by atoms with Crippen molar-refractivity contribution in [3.63, 3.8) is 0 Å². The van der Waals surface area contributed by atoms with Crippen LogP contribution in [0, 0.1) is 0 Å². The minimum absolute atomic E-state index is 0.156. The molecular formula is C26H18O5. The van der Waals surface area contributed by atoms with Crippen molar-refractivity contribution in [3.05, 3.63) is 88.6 Å². The fourth-order valence-electron chi connectivity index (χ4n) is 3.99. The molecule has 3 aromatic carbocycles. The van der Waals surface area contributed by atoms with Crippen molar-refractivity contribution in [1.29, 1.82) is 0 Å². The topological polar surface area (TPSA) is 65.7 Å². The Labute approximate surface area is 177 Å². The van der Waals surface area contributed by atoms with Gasteiger partial charge in [0.05, 0.1) is 19.8 Å². The molecular weight excluding hydrogens is 392 g/mol. The number of hydrogen-bond acceptors (Lipinski definition) is 5. The predicted octanol–water partition coefficient (Wildman–Crippen LogP) is 5.51. The molecule has 5 rings (SSSR count). The molecule has 3 aromatic rings. The van der Waals surface area contributed by atoms with Crippen LogP contribution in [0.4, 0.5) is 0 Å². The number of carbonyl (C=O) groups is 1. The highest BCUT2D eigenvalue weighted by Crippen LogP contribution is 2.43. The van der Waals surface area contributed by atoms with Crippen molar-refractivity contribution in [2.45, 2.75) is 0 Å². The number of benzene rings is 4. The molecule has 5 heteroatoms. The van der Waals surface area contributed by atoms with E-state index in [1.807, 2.05) is 48.5 Å². The number of carbonyl (C=O) groups excluding carboxylic acids is 1. The van der Waals surface area contributed by atoms with Gasteiger partial charge in [0.15, 0.2) is 5.43 Å². The summed E-state index contributed by atoms with van der Waals surface area (Å²) in [4.78, 5) is 24.8. The molecule has 0 radical (unpaired) electrons. The zero-order chi connectivity index (χ0) is 21.5. The Balaban J connectivity index is 1.97. The summed E-state index contributed by atoms with van der Waals surface area (Å²) < 4.78 is 16.5. The Hall–Kier alpha value is -4.12. The van der Waals surface area contributed by atoms with Crippen LogP contribution >= 0.6 is 0 Å². The first-order valence-corrected chi connectivity index (χ1v) is 9.75. The van der Waals surface area contributed by atoms with E-state index in [-0.39, 0.29) is 5.43 Å². The highest BCUT2D eigenvalue weighted by Gasteiger charge is 2.23. The minimum atomic E-state index is -0.434. The maximum atomic E-state index is 12.8. The van der Waals surface area contributed by atoms with Gasteiger partial charge in [0.2, 0.25) is 0 Å². The lowest BCUT2D eigenvalue weighted by Crippen LogP contribution is -2.06. The molecule has 0 atom stereocenters. The summed E-state index contributed by atoms with van der Waals surface area (Å²) in [6, 6.07) is 21.8. The molecule has 0 unspecified atom stereocenters. The second kappa shape index (κ2) is 7.29. The van der Waals surface area contributed by atoms with E-state index in [1.54, 1.807) is 19.2 Å². The normalized spacial score (nSPS) is 11.2. The standard InChI is InChI=1S/C26H18O5/c1-29-18-8-10-20-24(14-18)31-23-13-17(27)7-9-19(23)25(20)21-11-15-5-3-4-6-16(15)12-22(21)26(28)30-2/h3-14H,1-2H3. The van der Waals surface area contributed by atoms with Crippen molar-refractivity contribution in [1.82, 2.24) is 0 Å². The molecule has 0 aromatic heterocycles. The SMILES string of the molecule is COC(=O)c1cc2ccccc2cc1-c1c2ccc(=O)cc-2oc2cc(OC)ccc12. The number of hydrogen-bond donors (Lipinski definition) is 0. The maximum Gasteiger partial charge on any atom is 0.338 e. The molecule has 31 heavy (non-hydrogen) atoms. The molecule has 1 heterocycles. The van der Waals surface area contributed by atoms with Gasteiger partial charge in [-0.3, -0.25) is 4.79 Å². The lowest BCUT2D eigenvalue weighted by atomic mass is 9.89. The third kappa shape index (κ3) is 3.11. The first kappa shape index (κ1) is 18.9. The fourth-order valence-corrected chi connectivity index (χ4v) is 3.99. The van der Waals surface area contributed by atoms with Gasteiger partial charge in [-0.25, -0.2) is 4.79 Å². The minimum Gasteiger partial charge on any atom is -0.497 e. The summed E-state index contributed by atoms with van der Waals surface area (Å²) in [7, 11) is 2.95. The lowest BCUT2D eigenvalue weighted by Gasteiger charge is -2.18. The van der Waals surface area contributed by atoms with E-state index in [2.05, 4.69) is 0 Å². The summed E-state index contributed by atoms with van der Waals surface area (Å²) in [5.41, 5.74) is 3.08.